The highest BCUT2D eigenvalue weighted by molar-refractivity contribution is 7.99. The maximum Gasteiger partial charge on any atom is 0.267 e. The minimum absolute atomic E-state index is 0.00368. The quantitative estimate of drug-likeness (QED) is 0.441. The lowest BCUT2D eigenvalue weighted by atomic mass is 9.90. The summed E-state index contributed by atoms with van der Waals surface area (Å²) in [5.41, 5.74) is 1.70. The third kappa shape index (κ3) is 3.25. The summed E-state index contributed by atoms with van der Waals surface area (Å²) in [6.07, 6.45) is 1.66. The van der Waals surface area contributed by atoms with Gasteiger partial charge in [-0.25, -0.2) is 4.98 Å². The maximum atomic E-state index is 13.7. The van der Waals surface area contributed by atoms with E-state index in [0.29, 0.717) is 6.61 Å². The molecule has 148 valence electrons. The zero-order chi connectivity index (χ0) is 19.9. The van der Waals surface area contributed by atoms with E-state index >= 15 is 0 Å². The number of thioether (sulfide) groups is 1. The molecule has 5 nitrogen and oxygen atoms in total. The summed E-state index contributed by atoms with van der Waals surface area (Å²) in [5.74, 6) is 1.61. The van der Waals surface area contributed by atoms with Gasteiger partial charge in [-0.15, -0.1) is 11.3 Å². The summed E-state index contributed by atoms with van der Waals surface area (Å²) < 4.78 is 13.1. The Hall–Kier alpha value is -1.83. The molecule has 0 bridgehead atoms. The highest BCUT2D eigenvalue weighted by Gasteiger charge is 2.33. The number of methoxy groups -OCH3 is 1. The highest BCUT2D eigenvalue weighted by atomic mass is 32.2. The minimum atomic E-state index is -0.227. The third-order valence-corrected chi connectivity index (χ3v) is 7.25. The molecule has 0 fully saturated rings. The fourth-order valence-electron chi connectivity index (χ4n) is 3.51. The second-order valence-electron chi connectivity index (χ2n) is 7.12. The molecule has 0 unspecified atom stereocenters. The van der Waals surface area contributed by atoms with Gasteiger partial charge in [-0.3, -0.25) is 9.36 Å². The van der Waals surface area contributed by atoms with Crippen LogP contribution in [0.5, 0.6) is 5.75 Å². The Labute approximate surface area is 172 Å². The molecule has 28 heavy (non-hydrogen) atoms. The molecular formula is C21H24N2O3S2. The molecular weight excluding hydrogens is 392 g/mol. The van der Waals surface area contributed by atoms with Crippen LogP contribution >= 0.6 is 23.1 Å². The van der Waals surface area contributed by atoms with Crippen molar-refractivity contribution in [1.29, 1.82) is 0 Å². The summed E-state index contributed by atoms with van der Waals surface area (Å²) in [7, 11) is 1.64. The van der Waals surface area contributed by atoms with Crippen molar-refractivity contribution in [2.75, 3.05) is 12.9 Å². The lowest BCUT2D eigenvalue weighted by molar-refractivity contribution is -0.0543. The van der Waals surface area contributed by atoms with E-state index in [1.165, 1.54) is 0 Å². The van der Waals surface area contributed by atoms with E-state index in [-0.39, 0.29) is 11.2 Å². The second kappa shape index (κ2) is 7.54. The van der Waals surface area contributed by atoms with Gasteiger partial charge in [-0.05, 0) is 48.9 Å². The molecule has 1 atom stereocenters. The van der Waals surface area contributed by atoms with Crippen molar-refractivity contribution in [3.05, 3.63) is 45.1 Å². The van der Waals surface area contributed by atoms with E-state index in [9.17, 15) is 4.79 Å². The Morgan fingerprint density at radius 1 is 1.32 bits per heavy atom. The molecule has 1 aromatic carbocycles. The molecule has 0 N–H and O–H groups in total. The Balaban J connectivity index is 1.95. The van der Waals surface area contributed by atoms with Crippen LogP contribution in [-0.4, -0.2) is 28.0 Å². The maximum absolute atomic E-state index is 13.7. The molecule has 0 amide bonds. The number of aromatic nitrogens is 2. The number of ether oxygens (including phenoxy) is 2. The summed E-state index contributed by atoms with van der Waals surface area (Å²) in [5, 5.41) is 1.47. The molecule has 0 spiro atoms. The van der Waals surface area contributed by atoms with Crippen LogP contribution in [-0.2, 0) is 17.8 Å². The van der Waals surface area contributed by atoms with Crippen LogP contribution in [0.3, 0.4) is 0 Å². The molecule has 0 saturated carbocycles. The van der Waals surface area contributed by atoms with Crippen LogP contribution in [0.25, 0.3) is 15.9 Å². The van der Waals surface area contributed by atoms with Crippen molar-refractivity contribution < 1.29 is 9.47 Å². The molecule has 1 aliphatic heterocycles. The summed E-state index contributed by atoms with van der Waals surface area (Å²) >= 11 is 3.17. The van der Waals surface area contributed by atoms with Crippen molar-refractivity contribution in [2.24, 2.45) is 0 Å². The highest BCUT2D eigenvalue weighted by Crippen LogP contribution is 2.39. The van der Waals surface area contributed by atoms with Crippen LogP contribution in [0.1, 0.15) is 37.6 Å². The first-order valence-electron chi connectivity index (χ1n) is 9.48. The molecule has 1 aliphatic rings. The summed E-state index contributed by atoms with van der Waals surface area (Å²) in [6.45, 7) is 6.87. The molecule has 0 aliphatic carbocycles. The smallest absolute Gasteiger partial charge is 0.267 e. The Morgan fingerprint density at radius 3 is 2.71 bits per heavy atom. The minimum Gasteiger partial charge on any atom is -0.497 e. The van der Waals surface area contributed by atoms with E-state index in [1.807, 2.05) is 24.3 Å². The predicted octanol–water partition coefficient (Wildman–Crippen LogP) is 4.81. The fraction of sp³-hybridized carbons (Fsp3) is 0.429. The zero-order valence-corrected chi connectivity index (χ0v) is 18.2. The monoisotopic (exact) mass is 416 g/mol. The number of benzene rings is 1. The Morgan fingerprint density at radius 2 is 2.07 bits per heavy atom. The molecule has 2 aromatic heterocycles. The van der Waals surface area contributed by atoms with Crippen molar-refractivity contribution in [2.45, 2.75) is 51.0 Å². The SMILES string of the molecule is CCSc1nc2sc3c(c2c(=O)n1-c1ccc(OC)cc1)C[C@@](C)(CC)OC3. The lowest BCUT2D eigenvalue weighted by Crippen LogP contribution is -2.34. The van der Waals surface area contributed by atoms with Crippen LogP contribution < -0.4 is 10.3 Å². The van der Waals surface area contributed by atoms with Gasteiger partial charge in [0.2, 0.25) is 0 Å². The van der Waals surface area contributed by atoms with Gasteiger partial charge in [0.25, 0.3) is 5.56 Å². The molecule has 3 heterocycles. The van der Waals surface area contributed by atoms with Crippen molar-refractivity contribution >= 4 is 33.3 Å². The second-order valence-corrected chi connectivity index (χ2v) is 9.43. The molecule has 0 saturated heterocycles. The van der Waals surface area contributed by atoms with Crippen molar-refractivity contribution in [3.8, 4) is 11.4 Å². The third-order valence-electron chi connectivity index (χ3n) is 5.33. The van der Waals surface area contributed by atoms with Crippen LogP contribution in [0, 0.1) is 0 Å². The van der Waals surface area contributed by atoms with Crippen LogP contribution in [0.15, 0.2) is 34.2 Å². The number of hydrogen-bond acceptors (Lipinski definition) is 6. The largest absolute Gasteiger partial charge is 0.497 e. The average Bonchev–Trinajstić information content (AvgIpc) is 3.06. The number of hydrogen-bond donors (Lipinski definition) is 0. The van der Waals surface area contributed by atoms with Gasteiger partial charge >= 0.3 is 0 Å². The normalized spacial score (nSPS) is 19.0. The van der Waals surface area contributed by atoms with E-state index in [2.05, 4.69) is 20.8 Å². The zero-order valence-electron chi connectivity index (χ0n) is 16.6. The number of fused-ring (bicyclic) bond motifs is 3. The first kappa shape index (κ1) is 19.5. The van der Waals surface area contributed by atoms with Gasteiger partial charge < -0.3 is 9.47 Å². The lowest BCUT2D eigenvalue weighted by Gasteiger charge is -2.32. The van der Waals surface area contributed by atoms with Gasteiger partial charge in [-0.2, -0.15) is 0 Å². The van der Waals surface area contributed by atoms with Gasteiger partial charge in [-0.1, -0.05) is 25.6 Å². The Bertz CT molecular complexity index is 1070. The summed E-state index contributed by atoms with van der Waals surface area (Å²) in [6, 6.07) is 7.56. The summed E-state index contributed by atoms with van der Waals surface area (Å²) in [4.78, 5) is 20.5. The number of nitrogens with zero attached hydrogens (tertiary/aromatic N) is 2. The standard InChI is InChI=1S/C21H24N2O3S2/c1-5-21(3)11-15-16(12-26-21)28-18-17(15)19(24)23(20(22-18)27-6-2)13-7-9-14(25-4)10-8-13/h7-10H,5-6,11-12H2,1-4H3/t21-/m1/s1. The van der Waals surface area contributed by atoms with Crippen molar-refractivity contribution in [3.63, 3.8) is 0 Å². The topological polar surface area (TPSA) is 53.4 Å². The molecule has 0 radical (unpaired) electrons. The van der Waals surface area contributed by atoms with E-state index in [0.717, 1.165) is 55.8 Å². The fourth-order valence-corrected chi connectivity index (χ4v) is 5.40. The number of thiophene rings is 1. The van der Waals surface area contributed by atoms with Crippen molar-refractivity contribution in [1.82, 2.24) is 9.55 Å². The molecule has 3 aromatic rings. The van der Waals surface area contributed by atoms with Gasteiger partial charge in [0, 0.05) is 11.3 Å². The van der Waals surface area contributed by atoms with E-state index in [1.54, 1.807) is 34.8 Å². The Kier molecular flexibility index (Phi) is 5.24. The van der Waals surface area contributed by atoms with E-state index < -0.39 is 0 Å². The predicted molar refractivity (Wildman–Crippen MR) is 115 cm³/mol. The van der Waals surface area contributed by atoms with Crippen LogP contribution in [0.2, 0.25) is 0 Å². The van der Waals surface area contributed by atoms with Crippen LogP contribution in [0.4, 0.5) is 0 Å². The first-order valence-corrected chi connectivity index (χ1v) is 11.3. The van der Waals surface area contributed by atoms with Gasteiger partial charge in [0.1, 0.15) is 10.6 Å². The van der Waals surface area contributed by atoms with E-state index in [4.69, 9.17) is 14.5 Å². The molecule has 7 heteroatoms. The van der Waals surface area contributed by atoms with Gasteiger partial charge in [0.15, 0.2) is 5.16 Å². The average molecular weight is 417 g/mol. The molecule has 4 rings (SSSR count). The number of rotatable bonds is 5. The first-order chi connectivity index (χ1) is 13.5. The van der Waals surface area contributed by atoms with Gasteiger partial charge in [0.05, 0.1) is 30.4 Å².